The van der Waals surface area contributed by atoms with E-state index in [0.717, 1.165) is 16.0 Å². The molecule has 0 atom stereocenters. The summed E-state index contributed by atoms with van der Waals surface area (Å²) in [6, 6.07) is 5.47. The third kappa shape index (κ3) is 3.02. The summed E-state index contributed by atoms with van der Waals surface area (Å²) in [5.74, 6) is 0.737. The monoisotopic (exact) mass is 352 g/mol. The summed E-state index contributed by atoms with van der Waals surface area (Å²) in [6.07, 6.45) is 1.33. The third-order valence-electron chi connectivity index (χ3n) is 3.37. The molecule has 1 aromatic carbocycles. The number of rotatable bonds is 5. The van der Waals surface area contributed by atoms with Gasteiger partial charge in [-0.1, -0.05) is 11.3 Å². The van der Waals surface area contributed by atoms with E-state index < -0.39 is 10.0 Å². The van der Waals surface area contributed by atoms with Gasteiger partial charge in [0.25, 0.3) is 10.0 Å². The zero-order valence-corrected chi connectivity index (χ0v) is 14.5. The van der Waals surface area contributed by atoms with E-state index >= 15 is 0 Å². The van der Waals surface area contributed by atoms with Gasteiger partial charge in [0.05, 0.1) is 28.7 Å². The topological polar surface area (TPSA) is 86.1 Å². The number of fused-ring (bicyclic) bond motifs is 1. The van der Waals surface area contributed by atoms with Gasteiger partial charge in [0.15, 0.2) is 5.13 Å². The second-order valence-electron chi connectivity index (χ2n) is 4.90. The Hall–Kier alpha value is -2.13. The molecule has 3 rings (SSSR count). The van der Waals surface area contributed by atoms with Crippen molar-refractivity contribution < 1.29 is 13.2 Å². The second-order valence-corrected chi connectivity index (χ2v) is 7.59. The van der Waals surface area contributed by atoms with Gasteiger partial charge >= 0.3 is 0 Å². The van der Waals surface area contributed by atoms with Crippen molar-refractivity contribution in [2.45, 2.75) is 18.7 Å². The predicted octanol–water partition coefficient (Wildman–Crippen LogP) is 2.54. The maximum atomic E-state index is 12.5. The molecule has 7 nitrogen and oxygen atoms in total. The molecule has 3 aromatic rings. The first-order valence-corrected chi connectivity index (χ1v) is 9.25. The van der Waals surface area contributed by atoms with E-state index in [9.17, 15) is 8.42 Å². The summed E-state index contributed by atoms with van der Waals surface area (Å²) in [4.78, 5) is 4.45. The van der Waals surface area contributed by atoms with E-state index in [2.05, 4.69) is 14.8 Å². The van der Waals surface area contributed by atoms with Crippen molar-refractivity contribution in [3.05, 3.63) is 30.1 Å². The van der Waals surface area contributed by atoms with Gasteiger partial charge in [0.1, 0.15) is 10.6 Å². The molecule has 1 N–H and O–H groups in total. The molecule has 0 saturated carbocycles. The fourth-order valence-corrected chi connectivity index (χ4v) is 4.45. The summed E-state index contributed by atoms with van der Waals surface area (Å²) in [7, 11) is -2.01. The van der Waals surface area contributed by atoms with Gasteiger partial charge in [-0.2, -0.15) is 5.10 Å². The molecule has 0 aliphatic carbocycles. The van der Waals surface area contributed by atoms with Crippen LogP contribution in [0.25, 0.3) is 10.2 Å². The Morgan fingerprint density at radius 1 is 1.39 bits per heavy atom. The number of nitrogens with one attached hydrogen (secondary N) is 1. The quantitative estimate of drug-likeness (QED) is 0.762. The molecule has 0 spiro atoms. The lowest BCUT2D eigenvalue weighted by Gasteiger charge is -2.03. The SMILES string of the molecule is CCOc1ccc2nc(NS(=O)(=O)c3cnn(C)c3C)sc2c1. The van der Waals surface area contributed by atoms with Crippen LogP contribution in [0.2, 0.25) is 0 Å². The smallest absolute Gasteiger partial charge is 0.267 e. The highest BCUT2D eigenvalue weighted by Crippen LogP contribution is 2.30. The molecule has 0 radical (unpaired) electrons. The van der Waals surface area contributed by atoms with E-state index in [0.29, 0.717) is 17.4 Å². The number of ether oxygens (including phenoxy) is 1. The minimum atomic E-state index is -3.71. The summed E-state index contributed by atoms with van der Waals surface area (Å²) in [5, 5.41) is 4.28. The Bertz CT molecular complexity index is 960. The van der Waals surface area contributed by atoms with E-state index in [1.165, 1.54) is 22.2 Å². The van der Waals surface area contributed by atoms with Gasteiger partial charge in [0, 0.05) is 7.05 Å². The predicted molar refractivity (Wildman–Crippen MR) is 89.5 cm³/mol. The van der Waals surface area contributed by atoms with Crippen LogP contribution in [0.5, 0.6) is 5.75 Å². The van der Waals surface area contributed by atoms with Crippen molar-refractivity contribution in [3.63, 3.8) is 0 Å². The number of anilines is 1. The molecule has 23 heavy (non-hydrogen) atoms. The summed E-state index contributed by atoms with van der Waals surface area (Å²) >= 11 is 1.26. The first-order chi connectivity index (χ1) is 10.9. The van der Waals surface area contributed by atoms with E-state index in [1.54, 1.807) is 14.0 Å². The van der Waals surface area contributed by atoms with Gasteiger partial charge in [-0.25, -0.2) is 13.4 Å². The molecular weight excluding hydrogens is 336 g/mol. The van der Waals surface area contributed by atoms with Crippen LogP contribution >= 0.6 is 11.3 Å². The Morgan fingerprint density at radius 3 is 2.83 bits per heavy atom. The molecule has 2 aromatic heterocycles. The fraction of sp³-hybridized carbons (Fsp3) is 0.286. The van der Waals surface area contributed by atoms with Crippen molar-refractivity contribution in [1.29, 1.82) is 0 Å². The third-order valence-corrected chi connectivity index (χ3v) is 5.88. The number of aryl methyl sites for hydroxylation is 1. The van der Waals surface area contributed by atoms with Crippen molar-refractivity contribution >= 4 is 36.7 Å². The van der Waals surface area contributed by atoms with Gasteiger partial charge < -0.3 is 4.74 Å². The molecule has 0 amide bonds. The molecule has 0 fully saturated rings. The molecule has 122 valence electrons. The number of thiazole rings is 1. The standard InChI is InChI=1S/C14H16N4O3S2/c1-4-21-10-5-6-11-12(7-10)22-14(16-11)17-23(19,20)13-8-15-18(3)9(13)2/h5-8H,4H2,1-3H3,(H,16,17). The normalized spacial score (nSPS) is 11.8. The van der Waals surface area contributed by atoms with E-state index in [4.69, 9.17) is 4.74 Å². The van der Waals surface area contributed by atoms with Gasteiger partial charge in [-0.3, -0.25) is 9.40 Å². The lowest BCUT2D eigenvalue weighted by atomic mass is 10.3. The van der Waals surface area contributed by atoms with Crippen LogP contribution in [0.15, 0.2) is 29.3 Å². The van der Waals surface area contributed by atoms with Crippen LogP contribution in [-0.2, 0) is 17.1 Å². The summed E-state index contributed by atoms with van der Waals surface area (Å²) < 4.78 is 35.2. The number of nitrogens with zero attached hydrogens (tertiary/aromatic N) is 3. The maximum absolute atomic E-state index is 12.5. The molecular formula is C14H16N4O3S2. The first kappa shape index (κ1) is 15.8. The van der Waals surface area contributed by atoms with Crippen molar-refractivity contribution in [1.82, 2.24) is 14.8 Å². The van der Waals surface area contributed by atoms with Crippen LogP contribution in [0.4, 0.5) is 5.13 Å². The Balaban J connectivity index is 1.93. The van der Waals surface area contributed by atoms with Crippen molar-refractivity contribution in [2.75, 3.05) is 11.3 Å². The van der Waals surface area contributed by atoms with Crippen LogP contribution in [0.3, 0.4) is 0 Å². The number of benzene rings is 1. The Labute approximate surface area is 138 Å². The molecule has 0 saturated heterocycles. The largest absolute Gasteiger partial charge is 0.494 e. The van der Waals surface area contributed by atoms with Crippen LogP contribution in [0.1, 0.15) is 12.6 Å². The highest BCUT2D eigenvalue weighted by atomic mass is 32.2. The summed E-state index contributed by atoms with van der Waals surface area (Å²) in [5.41, 5.74) is 1.29. The lowest BCUT2D eigenvalue weighted by molar-refractivity contribution is 0.341. The van der Waals surface area contributed by atoms with Crippen LogP contribution in [0, 0.1) is 6.92 Å². The van der Waals surface area contributed by atoms with Crippen LogP contribution in [-0.4, -0.2) is 29.8 Å². The molecule has 0 aliphatic heterocycles. The minimum Gasteiger partial charge on any atom is -0.494 e. The van der Waals surface area contributed by atoms with E-state index in [1.807, 2.05) is 25.1 Å². The zero-order chi connectivity index (χ0) is 16.6. The number of sulfonamides is 1. The van der Waals surface area contributed by atoms with Gasteiger partial charge in [-0.05, 0) is 32.0 Å². The average Bonchev–Trinajstić information content (AvgIpc) is 3.02. The molecule has 9 heteroatoms. The molecule has 0 unspecified atom stereocenters. The second kappa shape index (κ2) is 5.82. The zero-order valence-electron chi connectivity index (χ0n) is 12.9. The minimum absolute atomic E-state index is 0.147. The van der Waals surface area contributed by atoms with Crippen LogP contribution < -0.4 is 9.46 Å². The number of hydrogen-bond acceptors (Lipinski definition) is 6. The molecule has 0 aliphatic rings. The first-order valence-electron chi connectivity index (χ1n) is 6.95. The number of hydrogen-bond donors (Lipinski definition) is 1. The van der Waals surface area contributed by atoms with Gasteiger partial charge in [-0.15, -0.1) is 0 Å². The maximum Gasteiger partial charge on any atom is 0.267 e. The van der Waals surface area contributed by atoms with E-state index in [-0.39, 0.29) is 4.90 Å². The summed E-state index contributed by atoms with van der Waals surface area (Å²) in [6.45, 7) is 4.19. The lowest BCUT2D eigenvalue weighted by Crippen LogP contribution is -2.13. The van der Waals surface area contributed by atoms with Crippen molar-refractivity contribution in [3.8, 4) is 5.75 Å². The molecule has 0 bridgehead atoms. The fourth-order valence-electron chi connectivity index (χ4n) is 2.12. The number of aromatic nitrogens is 3. The Kier molecular flexibility index (Phi) is 3.99. The Morgan fingerprint density at radius 2 is 2.17 bits per heavy atom. The highest BCUT2D eigenvalue weighted by Gasteiger charge is 2.21. The average molecular weight is 352 g/mol. The molecule has 2 heterocycles. The van der Waals surface area contributed by atoms with Crippen molar-refractivity contribution in [2.24, 2.45) is 7.05 Å². The highest BCUT2D eigenvalue weighted by molar-refractivity contribution is 7.93. The van der Waals surface area contributed by atoms with Gasteiger partial charge in [0.2, 0.25) is 0 Å².